The number of hydrogen-bond acceptors (Lipinski definition) is 2. The summed E-state index contributed by atoms with van der Waals surface area (Å²) in [6.45, 7) is 0. The van der Waals surface area contributed by atoms with Crippen molar-refractivity contribution in [3.63, 3.8) is 0 Å². The van der Waals surface area contributed by atoms with Crippen LogP contribution in [0.5, 0.6) is 0 Å². The van der Waals surface area contributed by atoms with Gasteiger partial charge in [-0.15, -0.1) is 0 Å². The molecule has 2 unspecified atom stereocenters. The molecule has 1 aromatic carbocycles. The lowest BCUT2D eigenvalue weighted by Crippen LogP contribution is -2.60. The van der Waals surface area contributed by atoms with Gasteiger partial charge in [0.15, 0.2) is 0 Å². The maximum Gasteiger partial charge on any atom is 0.459 e. The zero-order valence-corrected chi connectivity index (χ0v) is 10.4. The Labute approximate surface area is 115 Å². The van der Waals surface area contributed by atoms with Gasteiger partial charge < -0.3 is 0 Å². The second kappa shape index (κ2) is 5.13. The molecule has 0 aliphatic carbocycles. The zero-order valence-electron chi connectivity index (χ0n) is 10.4. The first-order valence-electron chi connectivity index (χ1n) is 5.95. The third-order valence-corrected chi connectivity index (χ3v) is 3.32. The molecule has 9 heteroatoms. The van der Waals surface area contributed by atoms with Gasteiger partial charge in [0.25, 0.3) is 0 Å². The van der Waals surface area contributed by atoms with E-state index in [9.17, 15) is 30.7 Å². The summed E-state index contributed by atoms with van der Waals surface area (Å²) in [6.07, 6.45) is -6.91. The Morgan fingerprint density at radius 2 is 1.43 bits per heavy atom. The van der Waals surface area contributed by atoms with Crippen molar-refractivity contribution in [2.75, 3.05) is 0 Å². The highest BCUT2D eigenvalue weighted by molar-refractivity contribution is 5.20. The average molecular weight is 316 g/mol. The largest absolute Gasteiger partial charge is 0.459 e. The van der Waals surface area contributed by atoms with Crippen molar-refractivity contribution in [2.45, 2.75) is 36.5 Å². The molecule has 0 aromatic heterocycles. The van der Waals surface area contributed by atoms with Crippen molar-refractivity contribution in [1.82, 2.24) is 10.9 Å². The summed E-state index contributed by atoms with van der Waals surface area (Å²) in [5.41, 5.74) is 4.68. The summed E-state index contributed by atoms with van der Waals surface area (Å²) in [4.78, 5) is 0. The van der Waals surface area contributed by atoms with E-state index in [0.29, 0.717) is 5.56 Å². The van der Waals surface area contributed by atoms with Gasteiger partial charge >= 0.3 is 18.0 Å². The molecule has 1 fully saturated rings. The minimum atomic E-state index is -6.32. The van der Waals surface area contributed by atoms with Crippen molar-refractivity contribution in [1.29, 1.82) is 0 Å². The summed E-state index contributed by atoms with van der Waals surface area (Å²) in [5, 5.41) is 0. The standard InChI is InChI=1S/C12H11F7N2/c13-10(14,11(15,16)12(17,18)19)9-6-8(20-21-9)7-4-2-1-3-5-7/h1-5,8-9,20-21H,6H2. The van der Waals surface area contributed by atoms with Crippen LogP contribution in [0.4, 0.5) is 30.7 Å². The predicted octanol–water partition coefficient (Wildman–Crippen LogP) is 3.43. The molecule has 118 valence electrons. The monoisotopic (exact) mass is 316 g/mol. The molecule has 2 rings (SSSR count). The molecule has 0 amide bonds. The summed E-state index contributed by atoms with van der Waals surface area (Å²) in [6, 6.07) is 4.88. The smallest absolute Gasteiger partial charge is 0.250 e. The Bertz CT molecular complexity index is 486. The minimum Gasteiger partial charge on any atom is -0.250 e. The molecule has 1 heterocycles. The van der Waals surface area contributed by atoms with Crippen LogP contribution >= 0.6 is 0 Å². The Hall–Kier alpha value is -1.35. The quantitative estimate of drug-likeness (QED) is 0.835. The highest BCUT2D eigenvalue weighted by atomic mass is 19.4. The van der Waals surface area contributed by atoms with Gasteiger partial charge in [-0.2, -0.15) is 30.7 Å². The molecule has 1 saturated heterocycles. The number of benzene rings is 1. The average Bonchev–Trinajstić information content (AvgIpc) is 2.88. The molecule has 21 heavy (non-hydrogen) atoms. The van der Waals surface area contributed by atoms with Crippen LogP contribution in [0.3, 0.4) is 0 Å². The third kappa shape index (κ3) is 2.71. The van der Waals surface area contributed by atoms with Crippen LogP contribution in [-0.4, -0.2) is 24.1 Å². The summed E-state index contributed by atoms with van der Waals surface area (Å²) >= 11 is 0. The molecule has 1 aromatic rings. The van der Waals surface area contributed by atoms with Crippen LogP contribution in [0, 0.1) is 0 Å². The van der Waals surface area contributed by atoms with E-state index in [0.717, 1.165) is 0 Å². The topological polar surface area (TPSA) is 24.1 Å². The van der Waals surface area contributed by atoms with E-state index in [-0.39, 0.29) is 0 Å². The predicted molar refractivity (Wildman–Crippen MR) is 59.8 cm³/mol. The molecule has 0 spiro atoms. The number of rotatable bonds is 3. The fourth-order valence-electron chi connectivity index (χ4n) is 2.11. The third-order valence-electron chi connectivity index (χ3n) is 3.32. The van der Waals surface area contributed by atoms with E-state index in [1.807, 2.05) is 5.43 Å². The number of hydrogen-bond donors (Lipinski definition) is 2. The zero-order chi connectivity index (χ0) is 15.9. The number of halogens is 7. The van der Waals surface area contributed by atoms with E-state index in [1.165, 1.54) is 0 Å². The first-order chi connectivity index (χ1) is 9.57. The molecule has 0 bridgehead atoms. The van der Waals surface area contributed by atoms with Crippen LogP contribution in [0.25, 0.3) is 0 Å². The fourth-order valence-corrected chi connectivity index (χ4v) is 2.11. The van der Waals surface area contributed by atoms with Gasteiger partial charge in [-0.1, -0.05) is 30.3 Å². The van der Waals surface area contributed by atoms with Crippen molar-refractivity contribution < 1.29 is 30.7 Å². The van der Waals surface area contributed by atoms with Crippen LogP contribution in [0.15, 0.2) is 30.3 Å². The van der Waals surface area contributed by atoms with Gasteiger partial charge in [0, 0.05) is 6.04 Å². The number of hydrazine groups is 1. The first kappa shape index (κ1) is 16.0. The first-order valence-corrected chi connectivity index (χ1v) is 5.95. The minimum absolute atomic E-state index is 0.513. The summed E-state index contributed by atoms with van der Waals surface area (Å²) < 4.78 is 89.3. The molecule has 1 aliphatic rings. The van der Waals surface area contributed by atoms with E-state index in [4.69, 9.17) is 0 Å². The fraction of sp³-hybridized carbons (Fsp3) is 0.500. The van der Waals surface area contributed by atoms with Crippen molar-refractivity contribution >= 4 is 0 Å². The van der Waals surface area contributed by atoms with Crippen molar-refractivity contribution in [2.24, 2.45) is 0 Å². The van der Waals surface area contributed by atoms with Gasteiger partial charge in [-0.3, -0.25) is 0 Å². The Kier molecular flexibility index (Phi) is 3.92. The number of nitrogens with one attached hydrogen (secondary N) is 2. The van der Waals surface area contributed by atoms with Crippen LogP contribution in [0.1, 0.15) is 18.0 Å². The Balaban J connectivity index is 2.17. The summed E-state index contributed by atoms with van der Waals surface area (Å²) in [7, 11) is 0. The molecule has 2 atom stereocenters. The van der Waals surface area contributed by atoms with Crippen LogP contribution in [0.2, 0.25) is 0 Å². The van der Waals surface area contributed by atoms with E-state index >= 15 is 0 Å². The molecule has 2 N–H and O–H groups in total. The van der Waals surface area contributed by atoms with Gasteiger partial charge in [-0.05, 0) is 12.0 Å². The summed E-state index contributed by atoms with van der Waals surface area (Å²) in [5.74, 6) is -11.4. The maximum absolute atomic E-state index is 13.5. The number of alkyl halides is 7. The second-order valence-electron chi connectivity index (χ2n) is 4.74. The Morgan fingerprint density at radius 3 is 1.95 bits per heavy atom. The SMILES string of the molecule is FC(F)(F)C(F)(F)C(F)(F)C1CC(c2ccccc2)NN1. The van der Waals surface area contributed by atoms with Crippen LogP contribution < -0.4 is 10.9 Å². The van der Waals surface area contributed by atoms with Crippen molar-refractivity contribution in [3.8, 4) is 0 Å². The van der Waals surface area contributed by atoms with Gasteiger partial charge in [-0.25, -0.2) is 10.9 Å². The molecular weight excluding hydrogens is 305 g/mol. The second-order valence-corrected chi connectivity index (χ2v) is 4.74. The van der Waals surface area contributed by atoms with Crippen molar-refractivity contribution in [3.05, 3.63) is 35.9 Å². The lowest BCUT2D eigenvalue weighted by Gasteiger charge is -2.31. The molecule has 0 radical (unpaired) electrons. The molecule has 0 saturated carbocycles. The van der Waals surface area contributed by atoms with Crippen LogP contribution in [-0.2, 0) is 0 Å². The maximum atomic E-state index is 13.5. The highest BCUT2D eigenvalue weighted by Gasteiger charge is 2.75. The van der Waals surface area contributed by atoms with Gasteiger partial charge in [0.05, 0.1) is 6.04 Å². The van der Waals surface area contributed by atoms with E-state index in [2.05, 4.69) is 5.43 Å². The Morgan fingerprint density at radius 1 is 0.857 bits per heavy atom. The normalized spacial score (nSPS) is 24.3. The molecule has 2 nitrogen and oxygen atoms in total. The van der Waals surface area contributed by atoms with Gasteiger partial charge in [0.1, 0.15) is 0 Å². The van der Waals surface area contributed by atoms with E-state index in [1.54, 1.807) is 30.3 Å². The van der Waals surface area contributed by atoms with E-state index < -0.39 is 36.5 Å². The highest BCUT2D eigenvalue weighted by Crippen LogP contribution is 2.49. The van der Waals surface area contributed by atoms with Gasteiger partial charge in [0.2, 0.25) is 0 Å². The molecule has 1 aliphatic heterocycles. The molecular formula is C12H11F7N2. The lowest BCUT2D eigenvalue weighted by atomic mass is 9.95. The lowest BCUT2D eigenvalue weighted by molar-refractivity contribution is -0.359.